The van der Waals surface area contributed by atoms with Crippen LogP contribution in [0.25, 0.3) is 10.6 Å². The maximum atomic E-state index is 13.0. The van der Waals surface area contributed by atoms with E-state index in [9.17, 15) is 9.59 Å². The van der Waals surface area contributed by atoms with Crippen molar-refractivity contribution in [3.8, 4) is 10.6 Å². The van der Waals surface area contributed by atoms with Crippen molar-refractivity contribution in [3.63, 3.8) is 0 Å². The molecule has 1 aliphatic rings. The summed E-state index contributed by atoms with van der Waals surface area (Å²) in [5.41, 5.74) is 1.84. The zero-order valence-corrected chi connectivity index (χ0v) is 17.7. The molecule has 1 aromatic carbocycles. The fraction of sp³-hybridized carbons (Fsp3) is 0.500. The van der Waals surface area contributed by atoms with Crippen molar-refractivity contribution in [3.05, 3.63) is 40.9 Å². The molecule has 1 fully saturated rings. The average Bonchev–Trinajstić information content (AvgIpc) is 3.10. The molecule has 2 amide bonds. The lowest BCUT2D eigenvalue weighted by atomic mass is 9.93. The smallest absolute Gasteiger partial charge is 0.265 e. The van der Waals surface area contributed by atoms with Gasteiger partial charge in [-0.15, -0.1) is 11.3 Å². The Bertz CT molecular complexity index is 810. The Balaban J connectivity index is 1.57. The van der Waals surface area contributed by atoms with Gasteiger partial charge in [0.25, 0.3) is 5.91 Å². The van der Waals surface area contributed by atoms with Crippen LogP contribution < -0.4 is 5.32 Å². The largest absolute Gasteiger partial charge is 0.354 e. The summed E-state index contributed by atoms with van der Waals surface area (Å²) in [4.78, 5) is 32.3. The molecule has 5 nitrogen and oxygen atoms in total. The van der Waals surface area contributed by atoms with Crippen molar-refractivity contribution in [2.45, 2.75) is 52.5 Å². The van der Waals surface area contributed by atoms with Crippen molar-refractivity contribution in [2.24, 2.45) is 5.92 Å². The van der Waals surface area contributed by atoms with Gasteiger partial charge in [-0.3, -0.25) is 9.59 Å². The summed E-state index contributed by atoms with van der Waals surface area (Å²) < 4.78 is 0. The summed E-state index contributed by atoms with van der Waals surface area (Å²) in [6.45, 7) is 7.42. The number of benzene rings is 1. The SMILES string of the molecule is CC[C@@H](C)NC(=O)CC1CCN(C(=O)c2sc(-c3ccccc3)nc2C)CC1. The first-order valence-corrected chi connectivity index (χ1v) is 10.9. The van der Waals surface area contributed by atoms with Gasteiger partial charge in [-0.25, -0.2) is 4.98 Å². The number of likely N-dealkylation sites (tertiary alicyclic amines) is 1. The number of hydrogen-bond donors (Lipinski definition) is 1. The zero-order valence-electron chi connectivity index (χ0n) is 16.9. The molecule has 1 atom stereocenters. The van der Waals surface area contributed by atoms with Crippen LogP contribution in [0, 0.1) is 12.8 Å². The molecule has 0 saturated carbocycles. The molecule has 0 aliphatic carbocycles. The highest BCUT2D eigenvalue weighted by atomic mass is 32.1. The molecule has 150 valence electrons. The Morgan fingerprint density at radius 3 is 2.57 bits per heavy atom. The third kappa shape index (κ3) is 4.98. The summed E-state index contributed by atoms with van der Waals surface area (Å²) in [5, 5.41) is 3.92. The van der Waals surface area contributed by atoms with Crippen LogP contribution in [0.15, 0.2) is 30.3 Å². The van der Waals surface area contributed by atoms with Gasteiger partial charge >= 0.3 is 0 Å². The first kappa shape index (κ1) is 20.5. The van der Waals surface area contributed by atoms with E-state index in [0.29, 0.717) is 25.4 Å². The molecule has 3 rings (SSSR count). The molecule has 28 heavy (non-hydrogen) atoms. The number of nitrogens with zero attached hydrogens (tertiary/aromatic N) is 2. The zero-order chi connectivity index (χ0) is 20.1. The van der Waals surface area contributed by atoms with E-state index in [-0.39, 0.29) is 17.9 Å². The lowest BCUT2D eigenvalue weighted by Crippen LogP contribution is -2.40. The molecule has 1 aliphatic heterocycles. The second-order valence-corrected chi connectivity index (χ2v) is 8.62. The maximum Gasteiger partial charge on any atom is 0.265 e. The van der Waals surface area contributed by atoms with Gasteiger partial charge in [0.05, 0.1) is 5.69 Å². The fourth-order valence-electron chi connectivity index (χ4n) is 3.48. The Labute approximate surface area is 171 Å². The molecular weight excluding hydrogens is 370 g/mol. The number of hydrogen-bond acceptors (Lipinski definition) is 4. The molecule has 0 spiro atoms. The lowest BCUT2D eigenvalue weighted by Gasteiger charge is -2.31. The molecule has 2 heterocycles. The lowest BCUT2D eigenvalue weighted by molar-refractivity contribution is -0.122. The van der Waals surface area contributed by atoms with E-state index >= 15 is 0 Å². The third-order valence-corrected chi connectivity index (χ3v) is 6.60. The predicted octanol–water partition coefficient (Wildman–Crippen LogP) is 4.28. The van der Waals surface area contributed by atoms with Gasteiger partial charge in [0.1, 0.15) is 9.88 Å². The minimum Gasteiger partial charge on any atom is -0.354 e. The van der Waals surface area contributed by atoms with Crippen molar-refractivity contribution in [1.82, 2.24) is 15.2 Å². The molecule has 2 aromatic rings. The van der Waals surface area contributed by atoms with Crippen LogP contribution in [0.3, 0.4) is 0 Å². The second kappa shape index (κ2) is 9.32. The van der Waals surface area contributed by atoms with E-state index in [1.54, 1.807) is 0 Å². The minimum atomic E-state index is 0.0692. The monoisotopic (exact) mass is 399 g/mol. The molecule has 1 aromatic heterocycles. The van der Waals surface area contributed by atoms with Crippen molar-refractivity contribution in [2.75, 3.05) is 13.1 Å². The van der Waals surface area contributed by atoms with Gasteiger partial charge < -0.3 is 10.2 Å². The fourth-order valence-corrected chi connectivity index (χ4v) is 4.52. The first-order chi connectivity index (χ1) is 13.5. The minimum absolute atomic E-state index is 0.0692. The van der Waals surface area contributed by atoms with Crippen LogP contribution in [-0.2, 0) is 4.79 Å². The molecule has 0 unspecified atom stereocenters. The molecule has 6 heteroatoms. The van der Waals surface area contributed by atoms with E-state index < -0.39 is 0 Å². The number of aryl methyl sites for hydroxylation is 1. The van der Waals surface area contributed by atoms with Crippen LogP contribution in [0.5, 0.6) is 0 Å². The second-order valence-electron chi connectivity index (χ2n) is 7.62. The Morgan fingerprint density at radius 2 is 1.93 bits per heavy atom. The molecule has 0 radical (unpaired) electrons. The highest BCUT2D eigenvalue weighted by Crippen LogP contribution is 2.30. The van der Waals surface area contributed by atoms with Crippen LogP contribution in [0.2, 0.25) is 0 Å². The van der Waals surface area contributed by atoms with Gasteiger partial charge in [-0.2, -0.15) is 0 Å². The van der Waals surface area contributed by atoms with Crippen molar-refractivity contribution >= 4 is 23.2 Å². The number of amides is 2. The van der Waals surface area contributed by atoms with Crippen LogP contribution in [0.1, 0.15) is 54.9 Å². The average molecular weight is 400 g/mol. The maximum absolute atomic E-state index is 13.0. The number of carbonyl (C=O) groups excluding carboxylic acids is 2. The number of nitrogens with one attached hydrogen (secondary N) is 1. The molecular formula is C22H29N3O2S. The summed E-state index contributed by atoms with van der Waals surface area (Å²) in [6, 6.07) is 10.2. The van der Waals surface area contributed by atoms with Gasteiger partial charge in [0.2, 0.25) is 5.91 Å². The van der Waals surface area contributed by atoms with Gasteiger partial charge in [0, 0.05) is 31.1 Å². The van der Waals surface area contributed by atoms with E-state index in [1.807, 2.05) is 49.1 Å². The predicted molar refractivity (Wildman–Crippen MR) is 113 cm³/mol. The van der Waals surface area contributed by atoms with E-state index in [4.69, 9.17) is 0 Å². The number of aromatic nitrogens is 1. The van der Waals surface area contributed by atoms with E-state index in [2.05, 4.69) is 17.2 Å². The van der Waals surface area contributed by atoms with E-state index in [0.717, 1.165) is 40.4 Å². The van der Waals surface area contributed by atoms with Crippen LogP contribution in [0.4, 0.5) is 0 Å². The standard InChI is InChI=1S/C22H29N3O2S/c1-4-15(2)23-19(26)14-17-10-12-25(13-11-17)22(27)20-16(3)24-21(28-20)18-8-6-5-7-9-18/h5-9,15,17H,4,10-14H2,1-3H3,(H,23,26)/t15-/m1/s1. The van der Waals surface area contributed by atoms with Crippen LogP contribution in [-0.4, -0.2) is 40.8 Å². The first-order valence-electron chi connectivity index (χ1n) is 10.1. The van der Waals surface area contributed by atoms with Crippen molar-refractivity contribution < 1.29 is 9.59 Å². The normalized spacial score (nSPS) is 16.0. The van der Waals surface area contributed by atoms with E-state index in [1.165, 1.54) is 11.3 Å². The third-order valence-electron chi connectivity index (χ3n) is 5.41. The number of piperidine rings is 1. The number of rotatable bonds is 6. The Kier molecular flexibility index (Phi) is 6.83. The van der Waals surface area contributed by atoms with Gasteiger partial charge in [-0.05, 0) is 39.0 Å². The number of carbonyl (C=O) groups is 2. The van der Waals surface area contributed by atoms with Crippen LogP contribution >= 0.6 is 11.3 Å². The Morgan fingerprint density at radius 1 is 1.25 bits per heavy atom. The molecule has 0 bridgehead atoms. The summed E-state index contributed by atoms with van der Waals surface area (Å²) >= 11 is 1.47. The highest BCUT2D eigenvalue weighted by molar-refractivity contribution is 7.17. The van der Waals surface area contributed by atoms with Gasteiger partial charge in [-0.1, -0.05) is 37.3 Å². The Hall–Kier alpha value is -2.21. The van der Waals surface area contributed by atoms with Crippen molar-refractivity contribution in [1.29, 1.82) is 0 Å². The molecule has 1 N–H and O–H groups in total. The summed E-state index contributed by atoms with van der Waals surface area (Å²) in [7, 11) is 0. The highest BCUT2D eigenvalue weighted by Gasteiger charge is 2.27. The number of thiazole rings is 1. The molecule has 1 saturated heterocycles. The summed E-state index contributed by atoms with van der Waals surface area (Å²) in [6.07, 6.45) is 3.26. The summed E-state index contributed by atoms with van der Waals surface area (Å²) in [5.74, 6) is 0.556. The van der Waals surface area contributed by atoms with Gasteiger partial charge in [0.15, 0.2) is 0 Å². The quantitative estimate of drug-likeness (QED) is 0.789. The topological polar surface area (TPSA) is 62.3 Å².